The fourth-order valence-electron chi connectivity index (χ4n) is 2.35. The summed E-state index contributed by atoms with van der Waals surface area (Å²) < 4.78 is 5.74. The molecular weight excluding hydrogens is 188 g/mol. The first kappa shape index (κ1) is 12.7. The van der Waals surface area contributed by atoms with Crippen molar-refractivity contribution in [3.63, 3.8) is 0 Å². The summed E-state index contributed by atoms with van der Waals surface area (Å²) >= 11 is 0. The van der Waals surface area contributed by atoms with Crippen LogP contribution < -0.4 is 0 Å². The highest BCUT2D eigenvalue weighted by atomic mass is 16.5. The molecule has 1 rings (SSSR count). The van der Waals surface area contributed by atoms with Gasteiger partial charge in [0.2, 0.25) is 0 Å². The van der Waals surface area contributed by atoms with Crippen LogP contribution in [0.1, 0.15) is 40.0 Å². The Kier molecular flexibility index (Phi) is 4.35. The summed E-state index contributed by atoms with van der Waals surface area (Å²) in [5.74, 6) is 0.965. The fraction of sp³-hybridized carbons (Fsp3) is 0.846. The number of ether oxygens (including phenoxy) is 1. The van der Waals surface area contributed by atoms with Crippen LogP contribution >= 0.6 is 0 Å². The van der Waals surface area contributed by atoms with Gasteiger partial charge in [-0.25, -0.2) is 0 Å². The minimum absolute atomic E-state index is 0.285. The Morgan fingerprint density at radius 2 is 2.13 bits per heavy atom. The first-order valence-electron chi connectivity index (χ1n) is 5.90. The highest BCUT2D eigenvalue weighted by Gasteiger charge is 2.35. The summed E-state index contributed by atoms with van der Waals surface area (Å²) in [6, 6.07) is 0. The molecule has 1 fully saturated rings. The molecule has 1 aliphatic rings. The van der Waals surface area contributed by atoms with E-state index in [1.165, 1.54) is 0 Å². The van der Waals surface area contributed by atoms with Crippen molar-refractivity contribution in [2.24, 2.45) is 11.8 Å². The van der Waals surface area contributed by atoms with E-state index in [9.17, 15) is 5.11 Å². The Morgan fingerprint density at radius 3 is 2.67 bits per heavy atom. The Labute approximate surface area is 93.3 Å². The molecule has 0 saturated heterocycles. The number of rotatable bonds is 4. The summed E-state index contributed by atoms with van der Waals surface area (Å²) in [4.78, 5) is 0. The zero-order valence-electron chi connectivity index (χ0n) is 10.2. The Balaban J connectivity index is 2.52. The van der Waals surface area contributed by atoms with E-state index in [0.29, 0.717) is 18.4 Å². The minimum atomic E-state index is -0.573. The van der Waals surface area contributed by atoms with Gasteiger partial charge in [-0.05, 0) is 44.9 Å². The normalized spacial score (nSPS) is 32.7. The second-order valence-electron chi connectivity index (χ2n) is 5.30. The third-order valence-corrected chi connectivity index (χ3v) is 3.55. The molecule has 0 heterocycles. The third kappa shape index (κ3) is 3.62. The monoisotopic (exact) mass is 212 g/mol. The van der Waals surface area contributed by atoms with E-state index in [1.807, 2.05) is 13.8 Å². The van der Waals surface area contributed by atoms with Gasteiger partial charge >= 0.3 is 0 Å². The lowest BCUT2D eigenvalue weighted by atomic mass is 9.74. The maximum atomic E-state index is 10.00. The average Bonchev–Trinajstić information content (AvgIpc) is 2.15. The van der Waals surface area contributed by atoms with Gasteiger partial charge in [0, 0.05) is 0 Å². The molecule has 1 aliphatic carbocycles. The molecule has 2 nitrogen and oxygen atoms in total. The van der Waals surface area contributed by atoms with Crippen LogP contribution in [0.3, 0.4) is 0 Å². The van der Waals surface area contributed by atoms with Gasteiger partial charge < -0.3 is 9.84 Å². The largest absolute Gasteiger partial charge is 0.390 e. The SMILES string of the molecule is C=CCOC1CC(C(C)(C)O)CCC1C. The van der Waals surface area contributed by atoms with E-state index >= 15 is 0 Å². The lowest BCUT2D eigenvalue weighted by Gasteiger charge is -2.39. The van der Waals surface area contributed by atoms with Crippen molar-refractivity contribution in [1.29, 1.82) is 0 Å². The van der Waals surface area contributed by atoms with E-state index in [1.54, 1.807) is 6.08 Å². The van der Waals surface area contributed by atoms with Crippen molar-refractivity contribution in [1.82, 2.24) is 0 Å². The van der Waals surface area contributed by atoms with Crippen molar-refractivity contribution < 1.29 is 9.84 Å². The minimum Gasteiger partial charge on any atom is -0.390 e. The van der Waals surface area contributed by atoms with Crippen molar-refractivity contribution in [3.05, 3.63) is 12.7 Å². The van der Waals surface area contributed by atoms with Crippen molar-refractivity contribution in [2.45, 2.75) is 51.7 Å². The molecule has 0 aromatic carbocycles. The van der Waals surface area contributed by atoms with E-state index in [0.717, 1.165) is 19.3 Å². The Morgan fingerprint density at radius 1 is 1.47 bits per heavy atom. The first-order chi connectivity index (χ1) is 6.95. The summed E-state index contributed by atoms with van der Waals surface area (Å²) in [6.45, 7) is 10.3. The van der Waals surface area contributed by atoms with Crippen LogP contribution in [0.15, 0.2) is 12.7 Å². The van der Waals surface area contributed by atoms with Crippen LogP contribution in [0.25, 0.3) is 0 Å². The summed E-state index contributed by atoms with van der Waals surface area (Å²) in [7, 11) is 0. The van der Waals surface area contributed by atoms with Crippen LogP contribution in [-0.4, -0.2) is 23.4 Å². The van der Waals surface area contributed by atoms with Crippen molar-refractivity contribution >= 4 is 0 Å². The lowest BCUT2D eigenvalue weighted by molar-refractivity contribution is -0.0652. The van der Waals surface area contributed by atoms with E-state index in [-0.39, 0.29) is 6.10 Å². The van der Waals surface area contributed by atoms with Crippen LogP contribution in [0.2, 0.25) is 0 Å². The van der Waals surface area contributed by atoms with Gasteiger partial charge in [0.05, 0.1) is 18.3 Å². The topological polar surface area (TPSA) is 29.5 Å². The zero-order valence-corrected chi connectivity index (χ0v) is 10.2. The van der Waals surface area contributed by atoms with Gasteiger partial charge in [0.15, 0.2) is 0 Å². The van der Waals surface area contributed by atoms with Crippen LogP contribution in [0.5, 0.6) is 0 Å². The molecular formula is C13H24O2. The number of hydrogen-bond acceptors (Lipinski definition) is 2. The van der Waals surface area contributed by atoms with Gasteiger partial charge in [0.1, 0.15) is 0 Å². The average molecular weight is 212 g/mol. The van der Waals surface area contributed by atoms with E-state index < -0.39 is 5.60 Å². The van der Waals surface area contributed by atoms with Crippen LogP contribution in [-0.2, 0) is 4.74 Å². The highest BCUT2D eigenvalue weighted by molar-refractivity contribution is 4.87. The molecule has 3 atom stereocenters. The highest BCUT2D eigenvalue weighted by Crippen LogP contribution is 2.36. The second-order valence-corrected chi connectivity index (χ2v) is 5.30. The van der Waals surface area contributed by atoms with Gasteiger partial charge in [-0.3, -0.25) is 0 Å². The molecule has 0 aromatic heterocycles. The summed E-state index contributed by atoms with van der Waals surface area (Å²) in [6.07, 6.45) is 5.31. The first-order valence-corrected chi connectivity index (χ1v) is 5.90. The number of aliphatic hydroxyl groups is 1. The quantitative estimate of drug-likeness (QED) is 0.726. The third-order valence-electron chi connectivity index (χ3n) is 3.55. The van der Waals surface area contributed by atoms with Crippen LogP contribution in [0, 0.1) is 11.8 Å². The number of hydrogen-bond donors (Lipinski definition) is 1. The lowest BCUT2D eigenvalue weighted by Crippen LogP contribution is -2.40. The maximum Gasteiger partial charge on any atom is 0.0648 e. The Bertz CT molecular complexity index is 205. The molecule has 0 aromatic rings. The standard InChI is InChI=1S/C13H24O2/c1-5-8-15-12-9-11(13(3,4)14)7-6-10(12)2/h5,10-12,14H,1,6-9H2,2-4H3. The van der Waals surface area contributed by atoms with Gasteiger partial charge in [-0.2, -0.15) is 0 Å². The summed E-state index contributed by atoms with van der Waals surface area (Å²) in [5.41, 5.74) is -0.573. The molecule has 2 heteroatoms. The van der Waals surface area contributed by atoms with Gasteiger partial charge in [-0.15, -0.1) is 6.58 Å². The molecule has 0 amide bonds. The zero-order chi connectivity index (χ0) is 11.5. The molecule has 0 bridgehead atoms. The molecule has 1 N–H and O–H groups in total. The van der Waals surface area contributed by atoms with Crippen LogP contribution in [0.4, 0.5) is 0 Å². The predicted octanol–water partition coefficient (Wildman–Crippen LogP) is 2.76. The maximum absolute atomic E-state index is 10.00. The summed E-state index contributed by atoms with van der Waals surface area (Å²) in [5, 5.41) is 10.00. The second kappa shape index (κ2) is 5.13. The molecule has 1 saturated carbocycles. The molecule has 15 heavy (non-hydrogen) atoms. The molecule has 0 spiro atoms. The predicted molar refractivity (Wildman–Crippen MR) is 62.7 cm³/mol. The fourth-order valence-corrected chi connectivity index (χ4v) is 2.35. The molecule has 3 unspecified atom stereocenters. The van der Waals surface area contributed by atoms with Gasteiger partial charge in [-0.1, -0.05) is 13.0 Å². The van der Waals surface area contributed by atoms with E-state index in [4.69, 9.17) is 4.74 Å². The van der Waals surface area contributed by atoms with E-state index in [2.05, 4.69) is 13.5 Å². The van der Waals surface area contributed by atoms with Gasteiger partial charge in [0.25, 0.3) is 0 Å². The van der Waals surface area contributed by atoms with Crippen molar-refractivity contribution in [2.75, 3.05) is 6.61 Å². The Hall–Kier alpha value is -0.340. The molecule has 0 radical (unpaired) electrons. The smallest absolute Gasteiger partial charge is 0.0648 e. The van der Waals surface area contributed by atoms with Crippen molar-refractivity contribution in [3.8, 4) is 0 Å². The molecule has 0 aliphatic heterocycles. The molecule has 88 valence electrons.